The maximum absolute atomic E-state index is 5.71. The van der Waals surface area contributed by atoms with Crippen molar-refractivity contribution in [2.45, 2.75) is 12.8 Å². The summed E-state index contributed by atoms with van der Waals surface area (Å²) in [6, 6.07) is 4.27. The maximum Gasteiger partial charge on any atom is 0.323 e. The van der Waals surface area contributed by atoms with Crippen LogP contribution < -0.4 is 9.47 Å². The first-order valence-corrected chi connectivity index (χ1v) is 6.13. The molecule has 0 atom stereocenters. The lowest BCUT2D eigenvalue weighted by atomic mass is 10.1. The quantitative estimate of drug-likeness (QED) is 0.753. The summed E-state index contributed by atoms with van der Waals surface area (Å²) in [5, 5.41) is 0.0518. The molecule has 0 radical (unpaired) electrons. The lowest BCUT2D eigenvalue weighted by Crippen LogP contribution is -2.05. The molecule has 0 unspecified atom stereocenters. The highest BCUT2D eigenvalue weighted by Gasteiger charge is 2.05. The van der Waals surface area contributed by atoms with E-state index in [1.807, 2.05) is 12.1 Å². The Morgan fingerprint density at radius 1 is 1.11 bits per heavy atom. The van der Waals surface area contributed by atoms with Crippen LogP contribution in [-0.4, -0.2) is 33.7 Å². The number of aromatic nitrogens is 4. The second-order valence-corrected chi connectivity index (χ2v) is 4.02. The minimum atomic E-state index is 0.0518. The van der Waals surface area contributed by atoms with Crippen molar-refractivity contribution in [2.24, 2.45) is 0 Å². The molecule has 100 valence electrons. The third kappa shape index (κ3) is 4.33. The third-order valence-corrected chi connectivity index (χ3v) is 2.51. The number of methoxy groups -OCH3 is 1. The molecule has 6 nitrogen and oxygen atoms in total. The molecule has 0 N–H and O–H groups in total. The Bertz CT molecular complexity index is 524. The van der Waals surface area contributed by atoms with Crippen LogP contribution in [0.25, 0.3) is 0 Å². The molecule has 2 aromatic heterocycles. The number of nitrogens with zero attached hydrogens (tertiary/aromatic N) is 4. The highest BCUT2D eigenvalue weighted by molar-refractivity contribution is 6.28. The first-order valence-electron chi connectivity index (χ1n) is 5.75. The molecule has 0 spiro atoms. The summed E-state index contributed by atoms with van der Waals surface area (Å²) >= 11 is 5.71. The van der Waals surface area contributed by atoms with E-state index < -0.39 is 0 Å². The largest absolute Gasteiger partial charge is 0.467 e. The van der Waals surface area contributed by atoms with E-state index in [0.717, 1.165) is 12.8 Å². The molecule has 0 aliphatic carbocycles. The molecular weight excluding hydrogens is 268 g/mol. The van der Waals surface area contributed by atoms with Crippen LogP contribution in [-0.2, 0) is 6.42 Å². The molecule has 0 amide bonds. The Morgan fingerprint density at radius 3 is 2.58 bits per heavy atom. The van der Waals surface area contributed by atoms with Gasteiger partial charge >= 0.3 is 12.0 Å². The zero-order chi connectivity index (χ0) is 13.5. The van der Waals surface area contributed by atoms with Gasteiger partial charge in [0.05, 0.1) is 13.7 Å². The highest BCUT2D eigenvalue weighted by Crippen LogP contribution is 2.12. The van der Waals surface area contributed by atoms with Gasteiger partial charge in [0.2, 0.25) is 5.28 Å². The molecule has 19 heavy (non-hydrogen) atoms. The summed E-state index contributed by atoms with van der Waals surface area (Å²) in [5.41, 5.74) is 1.21. The predicted octanol–water partition coefficient (Wildman–Crippen LogP) is 1.94. The molecule has 0 aliphatic rings. The fourth-order valence-corrected chi connectivity index (χ4v) is 1.60. The molecule has 2 rings (SSSR count). The number of rotatable bonds is 6. The van der Waals surface area contributed by atoms with Crippen LogP contribution in [0.15, 0.2) is 24.5 Å². The van der Waals surface area contributed by atoms with E-state index in [1.54, 1.807) is 12.4 Å². The average molecular weight is 281 g/mol. The van der Waals surface area contributed by atoms with Gasteiger partial charge in [-0.3, -0.25) is 4.98 Å². The molecule has 0 saturated carbocycles. The van der Waals surface area contributed by atoms with Gasteiger partial charge in [0.25, 0.3) is 0 Å². The van der Waals surface area contributed by atoms with E-state index in [0.29, 0.717) is 6.61 Å². The van der Waals surface area contributed by atoms with Crippen molar-refractivity contribution in [1.29, 1.82) is 0 Å². The molecule has 2 heterocycles. The maximum atomic E-state index is 5.71. The van der Waals surface area contributed by atoms with E-state index >= 15 is 0 Å². The zero-order valence-electron chi connectivity index (χ0n) is 10.4. The lowest BCUT2D eigenvalue weighted by molar-refractivity contribution is 0.276. The summed E-state index contributed by atoms with van der Waals surface area (Å²) in [6.07, 6.45) is 5.29. The molecular formula is C12H13ClN4O2. The van der Waals surface area contributed by atoms with Crippen LogP contribution in [0.3, 0.4) is 0 Å². The number of hydrogen-bond donors (Lipinski definition) is 0. The first-order chi connectivity index (χ1) is 9.28. The van der Waals surface area contributed by atoms with Gasteiger partial charge in [-0.2, -0.15) is 9.97 Å². The fraction of sp³-hybridized carbons (Fsp3) is 0.333. The molecule has 7 heteroatoms. The zero-order valence-corrected chi connectivity index (χ0v) is 11.2. The van der Waals surface area contributed by atoms with E-state index in [2.05, 4.69) is 19.9 Å². The molecule has 0 fully saturated rings. The minimum Gasteiger partial charge on any atom is -0.467 e. The van der Waals surface area contributed by atoms with Crippen molar-refractivity contribution in [3.8, 4) is 12.0 Å². The monoisotopic (exact) mass is 280 g/mol. The van der Waals surface area contributed by atoms with Crippen molar-refractivity contribution in [3.63, 3.8) is 0 Å². The van der Waals surface area contributed by atoms with Crippen LogP contribution in [0.1, 0.15) is 12.0 Å². The van der Waals surface area contributed by atoms with Gasteiger partial charge in [0.15, 0.2) is 0 Å². The average Bonchev–Trinajstić information content (AvgIpc) is 2.44. The van der Waals surface area contributed by atoms with E-state index in [1.165, 1.54) is 12.7 Å². The van der Waals surface area contributed by atoms with Gasteiger partial charge in [-0.05, 0) is 42.1 Å². The van der Waals surface area contributed by atoms with Gasteiger partial charge in [0.1, 0.15) is 0 Å². The molecule has 0 saturated heterocycles. The Balaban J connectivity index is 1.81. The summed E-state index contributed by atoms with van der Waals surface area (Å²) in [4.78, 5) is 15.5. The second-order valence-electron chi connectivity index (χ2n) is 3.68. The highest BCUT2D eigenvalue weighted by atomic mass is 35.5. The molecule has 0 aromatic carbocycles. The van der Waals surface area contributed by atoms with Crippen LogP contribution in [0.2, 0.25) is 5.28 Å². The number of pyridine rings is 1. The Labute approximate surface area is 115 Å². The Hall–Kier alpha value is -1.95. The fourth-order valence-electron chi connectivity index (χ4n) is 1.46. The van der Waals surface area contributed by atoms with Gasteiger partial charge < -0.3 is 9.47 Å². The standard InChI is InChI=1S/C12H13ClN4O2/c1-18-11-15-10(13)16-12(17-11)19-8-2-3-9-4-6-14-7-5-9/h4-7H,2-3,8H2,1H3. The molecule has 2 aromatic rings. The van der Waals surface area contributed by atoms with Gasteiger partial charge in [-0.1, -0.05) is 0 Å². The van der Waals surface area contributed by atoms with Crippen molar-refractivity contribution >= 4 is 11.6 Å². The number of ether oxygens (including phenoxy) is 2. The Morgan fingerprint density at radius 2 is 1.84 bits per heavy atom. The van der Waals surface area contributed by atoms with E-state index in [9.17, 15) is 0 Å². The summed E-state index contributed by atoms with van der Waals surface area (Å²) in [7, 11) is 1.46. The number of halogens is 1. The topological polar surface area (TPSA) is 70.0 Å². The van der Waals surface area contributed by atoms with E-state index in [-0.39, 0.29) is 17.3 Å². The van der Waals surface area contributed by atoms with Crippen molar-refractivity contribution in [1.82, 2.24) is 19.9 Å². The Kier molecular flexibility index (Phi) is 4.85. The normalized spacial score (nSPS) is 10.2. The van der Waals surface area contributed by atoms with Crippen LogP contribution in [0.5, 0.6) is 12.0 Å². The van der Waals surface area contributed by atoms with Crippen LogP contribution in [0.4, 0.5) is 0 Å². The molecule has 0 aliphatic heterocycles. The van der Waals surface area contributed by atoms with Gasteiger partial charge in [0, 0.05) is 12.4 Å². The summed E-state index contributed by atoms with van der Waals surface area (Å²) in [6.45, 7) is 0.492. The minimum absolute atomic E-state index is 0.0518. The second kappa shape index (κ2) is 6.84. The third-order valence-electron chi connectivity index (χ3n) is 2.34. The number of hydrogen-bond acceptors (Lipinski definition) is 6. The molecule has 0 bridgehead atoms. The van der Waals surface area contributed by atoms with Gasteiger partial charge in [-0.25, -0.2) is 0 Å². The van der Waals surface area contributed by atoms with Crippen molar-refractivity contribution in [3.05, 3.63) is 35.4 Å². The SMILES string of the molecule is COc1nc(Cl)nc(OCCCc2ccncc2)n1. The first kappa shape index (κ1) is 13.5. The number of aryl methyl sites for hydroxylation is 1. The lowest BCUT2D eigenvalue weighted by Gasteiger charge is -2.05. The summed E-state index contributed by atoms with van der Waals surface area (Å²) < 4.78 is 10.3. The van der Waals surface area contributed by atoms with Crippen LogP contribution in [0, 0.1) is 0 Å². The van der Waals surface area contributed by atoms with Crippen molar-refractivity contribution in [2.75, 3.05) is 13.7 Å². The van der Waals surface area contributed by atoms with Crippen molar-refractivity contribution < 1.29 is 9.47 Å². The van der Waals surface area contributed by atoms with Crippen LogP contribution >= 0.6 is 11.6 Å². The van der Waals surface area contributed by atoms with Gasteiger partial charge in [-0.15, -0.1) is 4.98 Å². The predicted molar refractivity (Wildman–Crippen MR) is 69.4 cm³/mol. The summed E-state index contributed by atoms with van der Waals surface area (Å²) in [5.74, 6) is 0. The smallest absolute Gasteiger partial charge is 0.323 e. The van der Waals surface area contributed by atoms with E-state index in [4.69, 9.17) is 21.1 Å².